The van der Waals surface area contributed by atoms with Crippen LogP contribution in [0.15, 0.2) is 12.2 Å². The van der Waals surface area contributed by atoms with E-state index in [1.165, 1.54) is 148 Å². The van der Waals surface area contributed by atoms with Crippen LogP contribution < -0.4 is 5.32 Å². The molecule has 1 aliphatic heterocycles. The first-order valence-corrected chi connectivity index (χ1v) is 22.4. The fourth-order valence-electron chi connectivity index (χ4n) is 7.21. The number of rotatable bonds is 37. The molecule has 9 heteroatoms. The zero-order valence-corrected chi connectivity index (χ0v) is 34.3. The van der Waals surface area contributed by atoms with Crippen molar-refractivity contribution in [3.63, 3.8) is 0 Å². The van der Waals surface area contributed by atoms with E-state index in [0.29, 0.717) is 6.42 Å². The molecule has 6 N–H and O–H groups in total. The molecule has 0 aliphatic carbocycles. The van der Waals surface area contributed by atoms with Crippen LogP contribution in [0.1, 0.15) is 206 Å². The molecule has 314 valence electrons. The smallest absolute Gasteiger partial charge is 0.220 e. The Morgan fingerprint density at radius 3 is 1.47 bits per heavy atom. The third kappa shape index (κ3) is 26.4. The molecule has 1 rings (SSSR count). The predicted octanol–water partition coefficient (Wildman–Crippen LogP) is 8.95. The molecule has 53 heavy (non-hydrogen) atoms. The van der Waals surface area contributed by atoms with Crippen molar-refractivity contribution in [1.82, 2.24) is 5.32 Å². The number of unbranched alkanes of at least 4 members (excludes halogenated alkanes) is 27. The monoisotopic (exact) mass is 756 g/mol. The van der Waals surface area contributed by atoms with E-state index in [9.17, 15) is 30.3 Å². The summed E-state index contributed by atoms with van der Waals surface area (Å²) in [4.78, 5) is 12.9. The van der Waals surface area contributed by atoms with Crippen molar-refractivity contribution in [1.29, 1.82) is 0 Å². The maximum absolute atomic E-state index is 12.9. The zero-order valence-electron chi connectivity index (χ0n) is 34.3. The van der Waals surface area contributed by atoms with Gasteiger partial charge in [0.15, 0.2) is 6.29 Å². The van der Waals surface area contributed by atoms with Crippen molar-refractivity contribution < 1.29 is 39.8 Å². The van der Waals surface area contributed by atoms with E-state index in [4.69, 9.17) is 9.47 Å². The van der Waals surface area contributed by atoms with Crippen LogP contribution in [0.3, 0.4) is 0 Å². The van der Waals surface area contributed by atoms with Gasteiger partial charge in [0.2, 0.25) is 5.91 Å². The maximum Gasteiger partial charge on any atom is 0.220 e. The second kappa shape index (κ2) is 35.4. The van der Waals surface area contributed by atoms with E-state index in [1.807, 2.05) is 6.08 Å². The fourth-order valence-corrected chi connectivity index (χ4v) is 7.21. The molecular weight excluding hydrogens is 670 g/mol. The van der Waals surface area contributed by atoms with E-state index < -0.39 is 49.5 Å². The van der Waals surface area contributed by atoms with E-state index in [0.717, 1.165) is 38.5 Å². The summed E-state index contributed by atoms with van der Waals surface area (Å²) in [5.74, 6) is -0.175. The van der Waals surface area contributed by atoms with Crippen molar-refractivity contribution in [2.45, 2.75) is 249 Å². The standard InChI is InChI=1S/C44H85NO8/c1-3-5-7-9-11-13-15-16-17-18-19-20-21-22-24-26-28-30-32-34-40(48)45-37(36-52-44-43(51)42(50)41(49)39(35-46)53-44)38(47)33-31-29-27-25-23-14-12-10-8-6-4-2/h31,33,37-39,41-44,46-47,49-51H,3-30,32,34-36H2,1-2H3,(H,45,48). The van der Waals surface area contributed by atoms with Crippen molar-refractivity contribution in [2.75, 3.05) is 13.2 Å². The Morgan fingerprint density at radius 1 is 0.623 bits per heavy atom. The lowest BCUT2D eigenvalue weighted by Crippen LogP contribution is -2.60. The molecule has 0 bridgehead atoms. The average Bonchev–Trinajstić information content (AvgIpc) is 3.16. The van der Waals surface area contributed by atoms with E-state index >= 15 is 0 Å². The SMILES string of the molecule is CCCCCCCCCCCC=CC(O)C(COC1OC(CO)C(O)C(O)C1O)NC(=O)CCCCCCCCCCCCCCCCCCCCC. The Morgan fingerprint density at radius 2 is 1.04 bits per heavy atom. The Labute approximate surface area is 325 Å². The summed E-state index contributed by atoms with van der Waals surface area (Å²) in [5, 5.41) is 54.0. The molecule has 0 radical (unpaired) electrons. The second-order valence-electron chi connectivity index (χ2n) is 15.9. The molecule has 1 amide bonds. The summed E-state index contributed by atoms with van der Waals surface area (Å²) < 4.78 is 11.2. The number of aliphatic hydroxyl groups is 5. The molecule has 0 aromatic carbocycles. The average molecular weight is 756 g/mol. The van der Waals surface area contributed by atoms with Gasteiger partial charge in [-0.15, -0.1) is 0 Å². The Bertz CT molecular complexity index is 842. The van der Waals surface area contributed by atoms with Gasteiger partial charge in [-0.3, -0.25) is 4.79 Å². The zero-order chi connectivity index (χ0) is 38.8. The summed E-state index contributed by atoms with van der Waals surface area (Å²) in [6.45, 7) is 3.76. The summed E-state index contributed by atoms with van der Waals surface area (Å²) in [5.41, 5.74) is 0. The third-order valence-corrected chi connectivity index (χ3v) is 10.9. The quantitative estimate of drug-likeness (QED) is 0.0272. The normalized spacial score (nSPS) is 21.7. The van der Waals surface area contributed by atoms with Crippen molar-refractivity contribution in [3.8, 4) is 0 Å². The van der Waals surface area contributed by atoms with Gasteiger partial charge in [-0.05, 0) is 19.3 Å². The lowest BCUT2D eigenvalue weighted by atomic mass is 9.99. The summed E-state index contributed by atoms with van der Waals surface area (Å²) >= 11 is 0. The Balaban J connectivity index is 2.31. The number of hydrogen-bond donors (Lipinski definition) is 6. The molecule has 1 saturated heterocycles. The lowest BCUT2D eigenvalue weighted by Gasteiger charge is -2.40. The highest BCUT2D eigenvalue weighted by atomic mass is 16.7. The van der Waals surface area contributed by atoms with Crippen LogP contribution >= 0.6 is 0 Å². The van der Waals surface area contributed by atoms with Gasteiger partial charge in [0.1, 0.15) is 24.4 Å². The number of nitrogens with one attached hydrogen (secondary N) is 1. The molecule has 7 unspecified atom stereocenters. The van der Waals surface area contributed by atoms with Crippen molar-refractivity contribution in [2.24, 2.45) is 0 Å². The minimum atomic E-state index is -1.56. The van der Waals surface area contributed by atoms with Gasteiger partial charge in [0.25, 0.3) is 0 Å². The first kappa shape index (κ1) is 49.9. The van der Waals surface area contributed by atoms with Crippen LogP contribution in [0.5, 0.6) is 0 Å². The molecule has 9 nitrogen and oxygen atoms in total. The number of carbonyl (C=O) groups is 1. The maximum atomic E-state index is 12.9. The first-order valence-electron chi connectivity index (χ1n) is 22.4. The summed E-state index contributed by atoms with van der Waals surface area (Å²) in [6, 6.07) is -0.797. The summed E-state index contributed by atoms with van der Waals surface area (Å²) in [7, 11) is 0. The summed E-state index contributed by atoms with van der Waals surface area (Å²) in [6.07, 6.45) is 32.6. The molecule has 1 aliphatic rings. The predicted molar refractivity (Wildman–Crippen MR) is 217 cm³/mol. The number of allylic oxidation sites excluding steroid dienone is 1. The molecule has 0 aromatic rings. The number of ether oxygens (including phenoxy) is 2. The molecule has 1 fully saturated rings. The van der Waals surface area contributed by atoms with Crippen molar-refractivity contribution >= 4 is 5.91 Å². The van der Waals surface area contributed by atoms with Crippen LogP contribution in [0.25, 0.3) is 0 Å². The first-order chi connectivity index (χ1) is 25.8. The van der Waals surface area contributed by atoms with Crippen LogP contribution in [0.4, 0.5) is 0 Å². The van der Waals surface area contributed by atoms with Gasteiger partial charge >= 0.3 is 0 Å². The minimum absolute atomic E-state index is 0.175. The van der Waals surface area contributed by atoms with E-state index in [1.54, 1.807) is 6.08 Å². The van der Waals surface area contributed by atoms with Gasteiger partial charge in [0, 0.05) is 6.42 Å². The highest BCUT2D eigenvalue weighted by Crippen LogP contribution is 2.23. The van der Waals surface area contributed by atoms with Gasteiger partial charge in [-0.25, -0.2) is 0 Å². The Kier molecular flexibility index (Phi) is 33.3. The molecule has 0 aromatic heterocycles. The highest BCUT2D eigenvalue weighted by Gasteiger charge is 2.44. The molecule has 7 atom stereocenters. The molecular formula is C44H85NO8. The van der Waals surface area contributed by atoms with Crippen LogP contribution in [0, 0.1) is 0 Å². The van der Waals surface area contributed by atoms with Gasteiger partial charge in [0.05, 0.1) is 25.4 Å². The fraction of sp³-hybridized carbons (Fsp3) is 0.932. The van der Waals surface area contributed by atoms with Crippen molar-refractivity contribution in [3.05, 3.63) is 12.2 Å². The molecule has 1 heterocycles. The van der Waals surface area contributed by atoms with Gasteiger partial charge < -0.3 is 40.3 Å². The number of amides is 1. The van der Waals surface area contributed by atoms with Gasteiger partial charge in [-0.2, -0.15) is 0 Å². The van der Waals surface area contributed by atoms with E-state index in [2.05, 4.69) is 19.2 Å². The van der Waals surface area contributed by atoms with Gasteiger partial charge in [-0.1, -0.05) is 193 Å². The third-order valence-electron chi connectivity index (χ3n) is 10.9. The van der Waals surface area contributed by atoms with Crippen LogP contribution in [0.2, 0.25) is 0 Å². The topological polar surface area (TPSA) is 149 Å². The number of carbonyl (C=O) groups excluding carboxylic acids is 1. The Hall–Kier alpha value is -1.07. The minimum Gasteiger partial charge on any atom is -0.394 e. The highest BCUT2D eigenvalue weighted by molar-refractivity contribution is 5.76. The molecule has 0 spiro atoms. The number of aliphatic hydroxyl groups excluding tert-OH is 5. The second-order valence-corrected chi connectivity index (χ2v) is 15.9. The lowest BCUT2D eigenvalue weighted by molar-refractivity contribution is -0.302. The largest absolute Gasteiger partial charge is 0.394 e. The van der Waals surface area contributed by atoms with Crippen LogP contribution in [-0.4, -0.2) is 87.5 Å². The van der Waals surface area contributed by atoms with Crippen LogP contribution in [-0.2, 0) is 14.3 Å². The molecule has 0 saturated carbocycles. The van der Waals surface area contributed by atoms with E-state index in [-0.39, 0.29) is 12.5 Å². The number of hydrogen-bond acceptors (Lipinski definition) is 8.